The van der Waals surface area contributed by atoms with Crippen LogP contribution in [0.1, 0.15) is 22.7 Å². The number of hydrogen-bond donors (Lipinski definition) is 0. The number of hydrogen-bond acceptors (Lipinski definition) is 6. The molecule has 2 aliphatic heterocycles. The first-order valence-corrected chi connectivity index (χ1v) is 10.1. The summed E-state index contributed by atoms with van der Waals surface area (Å²) in [5, 5.41) is -0.388. The third-order valence-corrected chi connectivity index (χ3v) is 6.38. The van der Waals surface area contributed by atoms with Crippen molar-refractivity contribution in [2.75, 3.05) is 44.5 Å². The van der Waals surface area contributed by atoms with Gasteiger partial charge in [-0.25, -0.2) is 13.6 Å². The highest BCUT2D eigenvalue weighted by molar-refractivity contribution is 8.00. The van der Waals surface area contributed by atoms with E-state index >= 15 is 0 Å². The lowest BCUT2D eigenvalue weighted by Gasteiger charge is -2.35. The first-order valence-electron chi connectivity index (χ1n) is 8.82. The van der Waals surface area contributed by atoms with Gasteiger partial charge >= 0.3 is 5.97 Å². The molecule has 0 amide bonds. The Balaban J connectivity index is 2.01. The minimum absolute atomic E-state index is 0.0319. The molecule has 1 aromatic carbocycles. The van der Waals surface area contributed by atoms with E-state index in [0.717, 1.165) is 17.8 Å². The van der Waals surface area contributed by atoms with Gasteiger partial charge in [-0.3, -0.25) is 4.79 Å². The van der Waals surface area contributed by atoms with Gasteiger partial charge in [0.1, 0.15) is 23.4 Å². The molecule has 0 radical (unpaired) electrons. The number of thioether (sulfide) groups is 1. The topological polar surface area (TPSA) is 60.8 Å². The van der Waals surface area contributed by atoms with Crippen LogP contribution in [0.3, 0.4) is 0 Å². The Morgan fingerprint density at radius 3 is 2.79 bits per heavy atom. The number of morpholine rings is 1. The Morgan fingerprint density at radius 2 is 2.14 bits per heavy atom. The summed E-state index contributed by atoms with van der Waals surface area (Å²) in [6, 6.07) is 1.07. The molecule has 3 heterocycles. The minimum Gasteiger partial charge on any atom is -0.462 e. The molecule has 150 valence electrons. The van der Waals surface area contributed by atoms with E-state index in [4.69, 9.17) is 21.1 Å². The molecule has 0 N–H and O–H groups in total. The second kappa shape index (κ2) is 7.53. The van der Waals surface area contributed by atoms with Crippen molar-refractivity contribution in [2.45, 2.75) is 17.3 Å². The molecule has 6 nitrogen and oxygen atoms in total. The molecule has 1 aromatic heterocycles. The highest BCUT2D eigenvalue weighted by atomic mass is 35.5. The fourth-order valence-electron chi connectivity index (χ4n) is 3.54. The molecule has 2 aromatic rings. The maximum absolute atomic E-state index is 14.9. The van der Waals surface area contributed by atoms with Gasteiger partial charge in [-0.1, -0.05) is 23.4 Å². The number of ether oxygens (including phenoxy) is 2. The van der Waals surface area contributed by atoms with Gasteiger partial charge in [0, 0.05) is 13.1 Å². The number of carbonyl (C=O) groups excluding carboxylic acids is 1. The molecule has 0 spiro atoms. The van der Waals surface area contributed by atoms with E-state index < -0.39 is 29.3 Å². The maximum Gasteiger partial charge on any atom is 0.344 e. The summed E-state index contributed by atoms with van der Waals surface area (Å²) >= 11 is 7.61. The van der Waals surface area contributed by atoms with E-state index in [0.29, 0.717) is 31.3 Å². The number of halogens is 3. The van der Waals surface area contributed by atoms with E-state index in [9.17, 15) is 18.4 Å². The van der Waals surface area contributed by atoms with Crippen LogP contribution in [0.2, 0.25) is 5.02 Å². The zero-order chi connectivity index (χ0) is 20.0. The monoisotopic (exact) mass is 430 g/mol. The van der Waals surface area contributed by atoms with Crippen molar-refractivity contribution in [3.8, 4) is 0 Å². The molecular weight excluding hydrogens is 414 g/mol. The molecule has 2 aliphatic rings. The van der Waals surface area contributed by atoms with Crippen LogP contribution in [0.15, 0.2) is 15.9 Å². The van der Waals surface area contributed by atoms with Crippen molar-refractivity contribution >= 4 is 45.9 Å². The lowest BCUT2D eigenvalue weighted by molar-refractivity contribution is 0.0518. The standard InChI is InChI=1S/C18H17ClF2N2O4S/c1-2-27-18(25)12-16(24)9-7-10(21)15(22-3-5-26-6-4-22)13(19)14(9)23-11(8-20)28-17(12)23/h7,11H,2-6,8H2,1H3. The number of rotatable bonds is 4. The normalized spacial score (nSPS) is 18.7. The Labute approximate surface area is 168 Å². The van der Waals surface area contributed by atoms with Crippen molar-refractivity contribution in [3.05, 3.63) is 32.7 Å². The fourth-order valence-corrected chi connectivity index (χ4v) is 5.05. The lowest BCUT2D eigenvalue weighted by atomic mass is 10.1. The zero-order valence-corrected chi connectivity index (χ0v) is 16.5. The number of carbonyl (C=O) groups is 1. The number of benzene rings is 1. The van der Waals surface area contributed by atoms with Crippen LogP contribution in [-0.2, 0) is 9.47 Å². The van der Waals surface area contributed by atoms with Crippen molar-refractivity contribution in [2.24, 2.45) is 0 Å². The number of nitrogens with zero attached hydrogens (tertiary/aromatic N) is 2. The predicted octanol–water partition coefficient (Wildman–Crippen LogP) is 3.38. The van der Waals surface area contributed by atoms with Gasteiger partial charge in [0.15, 0.2) is 0 Å². The first-order chi connectivity index (χ1) is 13.5. The highest BCUT2D eigenvalue weighted by Gasteiger charge is 2.37. The van der Waals surface area contributed by atoms with Gasteiger partial charge in [0.05, 0.1) is 46.5 Å². The van der Waals surface area contributed by atoms with Crippen molar-refractivity contribution in [1.82, 2.24) is 4.57 Å². The molecule has 4 rings (SSSR count). The van der Waals surface area contributed by atoms with E-state index in [1.165, 1.54) is 4.57 Å². The SMILES string of the molecule is CCOC(=O)c1c2n(c3c(Cl)c(N4CCOCC4)c(F)cc3c1=O)C(CF)S2. The Morgan fingerprint density at radius 1 is 1.43 bits per heavy atom. The largest absolute Gasteiger partial charge is 0.462 e. The summed E-state index contributed by atoms with van der Waals surface area (Å²) in [6.45, 7) is 2.72. The lowest BCUT2D eigenvalue weighted by Crippen LogP contribution is -2.37. The summed E-state index contributed by atoms with van der Waals surface area (Å²) in [5.74, 6) is -1.48. The number of alkyl halides is 1. The van der Waals surface area contributed by atoms with Crippen LogP contribution in [-0.4, -0.2) is 50.1 Å². The number of esters is 1. The summed E-state index contributed by atoms with van der Waals surface area (Å²) in [6.07, 6.45) is 0. The van der Waals surface area contributed by atoms with E-state index in [1.54, 1.807) is 11.8 Å². The summed E-state index contributed by atoms with van der Waals surface area (Å²) < 4.78 is 40.2. The van der Waals surface area contributed by atoms with Gasteiger partial charge < -0.3 is 18.9 Å². The van der Waals surface area contributed by atoms with E-state index in [1.807, 2.05) is 0 Å². The second-order valence-electron chi connectivity index (χ2n) is 6.34. The van der Waals surface area contributed by atoms with Gasteiger partial charge in [-0.05, 0) is 13.0 Å². The van der Waals surface area contributed by atoms with Crippen LogP contribution in [0.25, 0.3) is 10.9 Å². The number of pyridine rings is 1. The second-order valence-corrected chi connectivity index (χ2v) is 7.89. The molecule has 1 fully saturated rings. The summed E-state index contributed by atoms with van der Waals surface area (Å²) in [4.78, 5) is 27.0. The van der Waals surface area contributed by atoms with E-state index in [2.05, 4.69) is 0 Å². The molecule has 28 heavy (non-hydrogen) atoms. The number of fused-ring (bicyclic) bond motifs is 3. The zero-order valence-electron chi connectivity index (χ0n) is 15.0. The molecule has 1 unspecified atom stereocenters. The van der Waals surface area contributed by atoms with Gasteiger partial charge in [0.25, 0.3) is 0 Å². The quantitative estimate of drug-likeness (QED) is 0.693. The maximum atomic E-state index is 14.9. The Bertz CT molecular complexity index is 1020. The van der Waals surface area contributed by atoms with Crippen molar-refractivity contribution in [3.63, 3.8) is 0 Å². The molecule has 1 saturated heterocycles. The number of anilines is 1. The van der Waals surface area contributed by atoms with Crippen LogP contribution in [0.5, 0.6) is 0 Å². The average molecular weight is 431 g/mol. The molecule has 0 saturated carbocycles. The van der Waals surface area contributed by atoms with Crippen molar-refractivity contribution < 1.29 is 23.0 Å². The van der Waals surface area contributed by atoms with Crippen LogP contribution >= 0.6 is 23.4 Å². The van der Waals surface area contributed by atoms with Crippen LogP contribution in [0.4, 0.5) is 14.5 Å². The third-order valence-electron chi connectivity index (χ3n) is 4.79. The van der Waals surface area contributed by atoms with E-state index in [-0.39, 0.29) is 33.8 Å². The minimum atomic E-state index is -0.809. The first kappa shape index (κ1) is 19.5. The molecule has 0 bridgehead atoms. The van der Waals surface area contributed by atoms with Gasteiger partial charge in [-0.15, -0.1) is 0 Å². The molecule has 10 heteroatoms. The third kappa shape index (κ3) is 2.87. The molecule has 0 aliphatic carbocycles. The Hall–Kier alpha value is -1.84. The van der Waals surface area contributed by atoms with Crippen LogP contribution < -0.4 is 10.3 Å². The fraction of sp³-hybridized carbons (Fsp3) is 0.444. The average Bonchev–Trinajstić information content (AvgIpc) is 2.66. The van der Waals surface area contributed by atoms with Gasteiger partial charge in [0.2, 0.25) is 5.43 Å². The number of aromatic nitrogens is 1. The summed E-state index contributed by atoms with van der Waals surface area (Å²) in [5.41, 5.74) is -0.485. The molecule has 1 atom stereocenters. The van der Waals surface area contributed by atoms with Crippen LogP contribution in [0, 0.1) is 5.82 Å². The predicted molar refractivity (Wildman–Crippen MR) is 103 cm³/mol. The molecular formula is C18H17ClF2N2O4S. The summed E-state index contributed by atoms with van der Waals surface area (Å²) in [7, 11) is 0. The Kier molecular flexibility index (Phi) is 5.24. The smallest absolute Gasteiger partial charge is 0.344 e. The van der Waals surface area contributed by atoms with Crippen molar-refractivity contribution in [1.29, 1.82) is 0 Å². The van der Waals surface area contributed by atoms with Gasteiger partial charge in [-0.2, -0.15) is 0 Å². The highest BCUT2D eigenvalue weighted by Crippen LogP contribution is 2.49.